The minimum Gasteiger partial charge on any atom is -0.497 e. The molecule has 2 aromatic carbocycles. The number of aromatic nitrogens is 1. The summed E-state index contributed by atoms with van der Waals surface area (Å²) in [5, 5.41) is 3.24. The minimum absolute atomic E-state index is 0.121. The van der Waals surface area contributed by atoms with Crippen molar-refractivity contribution in [3.63, 3.8) is 0 Å². The molecule has 0 aliphatic heterocycles. The minimum atomic E-state index is -0.831. The molecule has 2 amide bonds. The van der Waals surface area contributed by atoms with Crippen LogP contribution in [0.5, 0.6) is 5.75 Å². The molecule has 1 aliphatic carbocycles. The van der Waals surface area contributed by atoms with Crippen LogP contribution in [0.25, 0.3) is 0 Å². The van der Waals surface area contributed by atoms with Gasteiger partial charge in [-0.05, 0) is 55.2 Å². The van der Waals surface area contributed by atoms with Gasteiger partial charge in [-0.3, -0.25) is 14.6 Å². The number of carbonyl (C=O) groups is 2. The highest BCUT2D eigenvalue weighted by molar-refractivity contribution is 5.96. The molecule has 182 valence electrons. The average Bonchev–Trinajstić information content (AvgIpc) is 2.90. The molecule has 4 rings (SSSR count). The van der Waals surface area contributed by atoms with Crippen LogP contribution in [0.2, 0.25) is 0 Å². The third-order valence-corrected chi connectivity index (χ3v) is 6.54. The fourth-order valence-electron chi connectivity index (χ4n) is 4.62. The van der Waals surface area contributed by atoms with Gasteiger partial charge in [0.2, 0.25) is 5.91 Å². The van der Waals surface area contributed by atoms with Crippen LogP contribution in [0.3, 0.4) is 0 Å². The molecular weight excluding hydrogens is 438 g/mol. The van der Waals surface area contributed by atoms with Gasteiger partial charge in [0.1, 0.15) is 17.5 Å². The summed E-state index contributed by atoms with van der Waals surface area (Å²) in [7, 11) is 1.60. The predicted molar refractivity (Wildman–Crippen MR) is 136 cm³/mol. The Hall–Kier alpha value is -3.67. The zero-order valence-corrected chi connectivity index (χ0v) is 20.4. The maximum atomic E-state index is 13.9. The van der Waals surface area contributed by atoms with Crippen LogP contribution in [0.1, 0.15) is 65.3 Å². The molecule has 0 radical (unpaired) electrons. The summed E-state index contributed by atoms with van der Waals surface area (Å²) in [6.07, 6.45) is 6.93. The van der Waals surface area contributed by atoms with E-state index in [4.69, 9.17) is 4.74 Å². The van der Waals surface area contributed by atoms with E-state index >= 15 is 0 Å². The number of pyridine rings is 1. The molecule has 0 spiro atoms. The number of ether oxygens (including phenoxy) is 1. The van der Waals surface area contributed by atoms with E-state index in [0.717, 1.165) is 36.8 Å². The number of hydrogen-bond donors (Lipinski definition) is 1. The van der Waals surface area contributed by atoms with Gasteiger partial charge < -0.3 is 15.0 Å². The Kier molecular flexibility index (Phi) is 8.14. The SMILES string of the molecule is COc1cccc(C(C(=O)NC2CCCCC2)N(Cc2ccc(C)cc2)C(=O)c2ccccn2)c1. The van der Waals surface area contributed by atoms with E-state index in [1.165, 1.54) is 6.42 Å². The van der Waals surface area contributed by atoms with Gasteiger partial charge in [0.05, 0.1) is 7.11 Å². The Bertz CT molecular complexity index is 1130. The first-order chi connectivity index (χ1) is 17.0. The molecule has 1 aliphatic rings. The summed E-state index contributed by atoms with van der Waals surface area (Å²) in [6, 6.07) is 20.0. The standard InChI is InChI=1S/C29H33N3O3/c1-21-14-16-22(17-15-21)20-32(29(34)26-13-6-7-18-30-26)27(23-9-8-12-25(19-23)35-2)28(33)31-24-10-4-3-5-11-24/h6-9,12-19,24,27H,3-5,10-11,20H2,1-2H3,(H,31,33). The van der Waals surface area contributed by atoms with Gasteiger partial charge in [-0.1, -0.05) is 67.3 Å². The van der Waals surface area contributed by atoms with E-state index in [0.29, 0.717) is 17.0 Å². The van der Waals surface area contributed by atoms with Crippen molar-refractivity contribution in [3.8, 4) is 5.75 Å². The Labute approximate surface area is 207 Å². The van der Waals surface area contributed by atoms with Crippen LogP contribution in [0.15, 0.2) is 72.9 Å². The molecule has 1 N–H and O–H groups in total. The highest BCUT2D eigenvalue weighted by Gasteiger charge is 2.34. The van der Waals surface area contributed by atoms with Gasteiger partial charge in [-0.15, -0.1) is 0 Å². The highest BCUT2D eigenvalue weighted by atomic mass is 16.5. The largest absolute Gasteiger partial charge is 0.497 e. The Balaban J connectivity index is 1.75. The van der Waals surface area contributed by atoms with Crippen LogP contribution >= 0.6 is 0 Å². The summed E-state index contributed by atoms with van der Waals surface area (Å²) in [6.45, 7) is 2.30. The van der Waals surface area contributed by atoms with E-state index in [1.807, 2.05) is 55.5 Å². The number of nitrogens with one attached hydrogen (secondary N) is 1. The summed E-state index contributed by atoms with van der Waals surface area (Å²) in [5.74, 6) is 0.165. The van der Waals surface area contributed by atoms with Crippen molar-refractivity contribution >= 4 is 11.8 Å². The maximum absolute atomic E-state index is 13.9. The molecular formula is C29H33N3O3. The second-order valence-electron chi connectivity index (χ2n) is 9.16. The number of amides is 2. The smallest absolute Gasteiger partial charge is 0.273 e. The lowest BCUT2D eigenvalue weighted by molar-refractivity contribution is -0.127. The third-order valence-electron chi connectivity index (χ3n) is 6.54. The number of hydrogen-bond acceptors (Lipinski definition) is 4. The Morgan fingerprint density at radius 3 is 2.49 bits per heavy atom. The molecule has 3 aromatic rings. The Morgan fingerprint density at radius 2 is 1.80 bits per heavy atom. The number of nitrogens with zero attached hydrogens (tertiary/aromatic N) is 2. The van der Waals surface area contributed by atoms with Crippen molar-refractivity contribution in [2.45, 2.75) is 57.7 Å². The lowest BCUT2D eigenvalue weighted by Crippen LogP contribution is -2.47. The van der Waals surface area contributed by atoms with Crippen LogP contribution in [0.4, 0.5) is 0 Å². The van der Waals surface area contributed by atoms with Crippen LogP contribution in [-0.4, -0.2) is 34.8 Å². The van der Waals surface area contributed by atoms with Crippen molar-refractivity contribution in [2.24, 2.45) is 0 Å². The molecule has 1 aromatic heterocycles. The van der Waals surface area contributed by atoms with Gasteiger partial charge in [0.15, 0.2) is 0 Å². The van der Waals surface area contributed by atoms with Crippen molar-refractivity contribution in [1.82, 2.24) is 15.2 Å². The summed E-state index contributed by atoms with van der Waals surface area (Å²) in [5.41, 5.74) is 3.08. The summed E-state index contributed by atoms with van der Waals surface area (Å²) in [4.78, 5) is 33.6. The van der Waals surface area contributed by atoms with Gasteiger partial charge in [-0.25, -0.2) is 0 Å². The molecule has 1 heterocycles. The fourth-order valence-corrected chi connectivity index (χ4v) is 4.62. The molecule has 35 heavy (non-hydrogen) atoms. The summed E-state index contributed by atoms with van der Waals surface area (Å²) < 4.78 is 5.44. The number of benzene rings is 2. The van der Waals surface area contributed by atoms with Gasteiger partial charge in [0.25, 0.3) is 5.91 Å². The summed E-state index contributed by atoms with van der Waals surface area (Å²) >= 11 is 0. The molecule has 1 unspecified atom stereocenters. The highest BCUT2D eigenvalue weighted by Crippen LogP contribution is 2.29. The molecule has 1 fully saturated rings. The van der Waals surface area contributed by atoms with Crippen molar-refractivity contribution < 1.29 is 14.3 Å². The number of carbonyl (C=O) groups excluding carboxylic acids is 2. The lowest BCUT2D eigenvalue weighted by Gasteiger charge is -2.33. The first kappa shape index (κ1) is 24.5. The van der Waals surface area contributed by atoms with Crippen LogP contribution in [-0.2, 0) is 11.3 Å². The maximum Gasteiger partial charge on any atom is 0.273 e. The first-order valence-electron chi connectivity index (χ1n) is 12.3. The zero-order valence-electron chi connectivity index (χ0n) is 20.4. The molecule has 0 saturated heterocycles. The van der Waals surface area contributed by atoms with E-state index in [9.17, 15) is 9.59 Å². The van der Waals surface area contributed by atoms with E-state index < -0.39 is 6.04 Å². The lowest BCUT2D eigenvalue weighted by atomic mass is 9.94. The second kappa shape index (κ2) is 11.6. The topological polar surface area (TPSA) is 71.5 Å². The molecule has 1 atom stereocenters. The zero-order chi connectivity index (χ0) is 24.6. The van der Waals surface area contributed by atoms with Gasteiger partial charge in [0, 0.05) is 18.8 Å². The van der Waals surface area contributed by atoms with E-state index in [2.05, 4.69) is 10.3 Å². The predicted octanol–water partition coefficient (Wildman–Crippen LogP) is 5.23. The molecule has 0 bridgehead atoms. The quantitative estimate of drug-likeness (QED) is 0.488. The van der Waals surface area contributed by atoms with Crippen LogP contribution in [0, 0.1) is 6.92 Å². The van der Waals surface area contributed by atoms with E-state index in [1.54, 1.807) is 36.4 Å². The van der Waals surface area contributed by atoms with Gasteiger partial charge >= 0.3 is 0 Å². The van der Waals surface area contributed by atoms with Crippen molar-refractivity contribution in [1.29, 1.82) is 0 Å². The molecule has 6 nitrogen and oxygen atoms in total. The molecule has 6 heteroatoms. The second-order valence-corrected chi connectivity index (χ2v) is 9.16. The first-order valence-corrected chi connectivity index (χ1v) is 12.3. The third kappa shape index (κ3) is 6.27. The van der Waals surface area contributed by atoms with Crippen molar-refractivity contribution in [3.05, 3.63) is 95.3 Å². The number of rotatable bonds is 8. The van der Waals surface area contributed by atoms with Crippen molar-refractivity contribution in [2.75, 3.05) is 7.11 Å². The molecule has 1 saturated carbocycles. The Morgan fingerprint density at radius 1 is 1.03 bits per heavy atom. The fraction of sp³-hybridized carbons (Fsp3) is 0.345. The average molecular weight is 472 g/mol. The number of methoxy groups -OCH3 is 1. The number of aryl methyl sites for hydroxylation is 1. The van der Waals surface area contributed by atoms with Crippen LogP contribution < -0.4 is 10.1 Å². The van der Waals surface area contributed by atoms with E-state index in [-0.39, 0.29) is 24.4 Å². The normalized spacial score (nSPS) is 14.7. The monoisotopic (exact) mass is 471 g/mol. The van der Waals surface area contributed by atoms with Gasteiger partial charge in [-0.2, -0.15) is 0 Å².